The number of hydrogen-bond acceptors (Lipinski definition) is 6. The fourth-order valence-corrected chi connectivity index (χ4v) is 3.54. The molecule has 0 spiro atoms. The third kappa shape index (κ3) is 3.01. The summed E-state index contributed by atoms with van der Waals surface area (Å²) >= 11 is 0. The minimum Gasteiger partial charge on any atom is -0.448 e. The van der Waals surface area contributed by atoms with Gasteiger partial charge in [0.1, 0.15) is 0 Å². The van der Waals surface area contributed by atoms with Gasteiger partial charge in [0.25, 0.3) is 5.91 Å². The van der Waals surface area contributed by atoms with E-state index in [1.54, 1.807) is 24.0 Å². The predicted octanol–water partition coefficient (Wildman–Crippen LogP) is 1.87. The lowest BCUT2D eigenvalue weighted by Gasteiger charge is -2.34. The van der Waals surface area contributed by atoms with Gasteiger partial charge in [0, 0.05) is 32.4 Å². The zero-order valence-electron chi connectivity index (χ0n) is 14.0. The smallest absolute Gasteiger partial charge is 0.339 e. The van der Waals surface area contributed by atoms with Gasteiger partial charge < -0.3 is 14.2 Å². The van der Waals surface area contributed by atoms with Crippen molar-refractivity contribution in [3.63, 3.8) is 0 Å². The number of piperidine rings is 1. The second-order valence-electron chi connectivity index (χ2n) is 6.55. The maximum atomic E-state index is 12.9. The van der Waals surface area contributed by atoms with E-state index in [1.807, 2.05) is 12.1 Å². The van der Waals surface area contributed by atoms with Gasteiger partial charge in [-0.15, -0.1) is 0 Å². The van der Waals surface area contributed by atoms with Crippen molar-refractivity contribution in [2.45, 2.75) is 38.2 Å². The van der Waals surface area contributed by atoms with Gasteiger partial charge in [-0.2, -0.15) is 4.98 Å². The molecule has 0 unspecified atom stereocenters. The molecule has 3 heterocycles. The van der Waals surface area contributed by atoms with Gasteiger partial charge in [-0.25, -0.2) is 4.79 Å². The summed E-state index contributed by atoms with van der Waals surface area (Å²) in [5.41, 5.74) is 1.41. The van der Waals surface area contributed by atoms with Gasteiger partial charge in [0.15, 0.2) is 11.9 Å². The number of rotatable bonds is 2. The van der Waals surface area contributed by atoms with E-state index in [2.05, 4.69) is 10.1 Å². The van der Waals surface area contributed by atoms with Crippen LogP contribution in [0.5, 0.6) is 0 Å². The second-order valence-corrected chi connectivity index (χ2v) is 6.55. The van der Waals surface area contributed by atoms with E-state index in [1.165, 1.54) is 0 Å². The molecule has 2 atom stereocenters. The van der Waals surface area contributed by atoms with Crippen LogP contribution in [0.3, 0.4) is 0 Å². The van der Waals surface area contributed by atoms with Crippen LogP contribution in [0.15, 0.2) is 28.8 Å². The first-order valence-corrected chi connectivity index (χ1v) is 8.49. The van der Waals surface area contributed by atoms with Crippen LogP contribution in [-0.2, 0) is 16.0 Å². The molecule has 0 bridgehead atoms. The first kappa shape index (κ1) is 15.8. The van der Waals surface area contributed by atoms with Gasteiger partial charge in [0.05, 0.1) is 5.56 Å². The Morgan fingerprint density at radius 3 is 2.96 bits per heavy atom. The highest BCUT2D eigenvalue weighted by atomic mass is 16.5. The SMILES string of the molecule is Cc1nc([C@H]2CCCN(C(=O)[C@H]3Cc4ccccc4C(=O)O3)C2)no1. The average Bonchev–Trinajstić information content (AvgIpc) is 3.08. The maximum absolute atomic E-state index is 12.9. The Balaban J connectivity index is 1.48. The largest absolute Gasteiger partial charge is 0.448 e. The van der Waals surface area contributed by atoms with Crippen LogP contribution in [0.4, 0.5) is 0 Å². The fourth-order valence-electron chi connectivity index (χ4n) is 3.54. The van der Waals surface area contributed by atoms with E-state index < -0.39 is 12.1 Å². The van der Waals surface area contributed by atoms with Crippen LogP contribution in [0.2, 0.25) is 0 Å². The van der Waals surface area contributed by atoms with Crippen LogP contribution in [0.25, 0.3) is 0 Å². The van der Waals surface area contributed by atoms with Crippen molar-refractivity contribution >= 4 is 11.9 Å². The zero-order valence-corrected chi connectivity index (χ0v) is 14.0. The van der Waals surface area contributed by atoms with Gasteiger partial charge in [0.2, 0.25) is 5.89 Å². The maximum Gasteiger partial charge on any atom is 0.339 e. The number of amides is 1. The third-order valence-corrected chi connectivity index (χ3v) is 4.81. The highest BCUT2D eigenvalue weighted by molar-refractivity contribution is 5.95. The van der Waals surface area contributed by atoms with Crippen molar-refractivity contribution in [3.05, 3.63) is 47.1 Å². The highest BCUT2D eigenvalue weighted by Crippen LogP contribution is 2.27. The van der Waals surface area contributed by atoms with Crippen LogP contribution < -0.4 is 0 Å². The fraction of sp³-hybridized carbons (Fsp3) is 0.444. The standard InChI is InChI=1S/C18H19N3O4/c1-11-19-16(20-25-11)13-6-4-8-21(10-13)17(22)15-9-12-5-2-3-7-14(12)18(23)24-15/h2-3,5,7,13,15H,4,6,8-10H2,1H3/t13-,15+/m0/s1. The number of ether oxygens (including phenoxy) is 1. The quantitative estimate of drug-likeness (QED) is 0.775. The molecule has 1 saturated heterocycles. The Hall–Kier alpha value is -2.70. The Kier molecular flexibility index (Phi) is 3.99. The summed E-state index contributed by atoms with van der Waals surface area (Å²) in [7, 11) is 0. The molecule has 0 radical (unpaired) electrons. The lowest BCUT2D eigenvalue weighted by molar-refractivity contribution is -0.142. The van der Waals surface area contributed by atoms with Crippen LogP contribution in [-0.4, -0.2) is 46.1 Å². The summed E-state index contributed by atoms with van der Waals surface area (Å²) in [6.45, 7) is 2.93. The van der Waals surface area contributed by atoms with E-state index >= 15 is 0 Å². The molecule has 25 heavy (non-hydrogen) atoms. The molecular weight excluding hydrogens is 322 g/mol. The molecule has 2 aromatic rings. The number of carbonyl (C=O) groups is 2. The average molecular weight is 341 g/mol. The number of hydrogen-bond donors (Lipinski definition) is 0. The summed E-state index contributed by atoms with van der Waals surface area (Å²) < 4.78 is 10.4. The van der Waals surface area contributed by atoms with Crippen molar-refractivity contribution < 1.29 is 18.8 Å². The Morgan fingerprint density at radius 1 is 1.32 bits per heavy atom. The number of esters is 1. The monoisotopic (exact) mass is 341 g/mol. The Labute approximate surface area is 145 Å². The van der Waals surface area contributed by atoms with Crippen LogP contribution in [0.1, 0.15) is 46.4 Å². The van der Waals surface area contributed by atoms with Crippen LogP contribution >= 0.6 is 0 Å². The van der Waals surface area contributed by atoms with E-state index in [0.717, 1.165) is 18.4 Å². The summed E-state index contributed by atoms with van der Waals surface area (Å²) in [5.74, 6) is 0.648. The number of cyclic esters (lactones) is 1. The lowest BCUT2D eigenvalue weighted by Crippen LogP contribution is -2.48. The van der Waals surface area contributed by atoms with Crippen molar-refractivity contribution in [3.8, 4) is 0 Å². The summed E-state index contributed by atoms with van der Waals surface area (Å²) in [6.07, 6.45) is 1.44. The topological polar surface area (TPSA) is 85.5 Å². The molecule has 4 rings (SSSR count). The van der Waals surface area contributed by atoms with Crippen molar-refractivity contribution in [1.29, 1.82) is 0 Å². The van der Waals surface area contributed by atoms with Gasteiger partial charge >= 0.3 is 5.97 Å². The minimum absolute atomic E-state index is 0.0572. The second kappa shape index (κ2) is 6.31. The molecule has 0 aliphatic carbocycles. The minimum atomic E-state index is -0.756. The normalized spacial score (nSPS) is 23.1. The zero-order chi connectivity index (χ0) is 17.4. The molecule has 7 heteroatoms. The van der Waals surface area contributed by atoms with E-state index in [-0.39, 0.29) is 11.8 Å². The van der Waals surface area contributed by atoms with Gasteiger partial charge in [-0.3, -0.25) is 4.79 Å². The molecule has 130 valence electrons. The first-order chi connectivity index (χ1) is 12.1. The number of benzene rings is 1. The molecule has 2 aliphatic rings. The number of likely N-dealkylation sites (tertiary alicyclic amines) is 1. The first-order valence-electron chi connectivity index (χ1n) is 8.49. The molecule has 1 aromatic heterocycles. The van der Waals surface area contributed by atoms with Gasteiger partial charge in [-0.05, 0) is 24.5 Å². The van der Waals surface area contributed by atoms with Crippen molar-refractivity contribution in [2.24, 2.45) is 0 Å². The van der Waals surface area contributed by atoms with Crippen molar-refractivity contribution in [2.75, 3.05) is 13.1 Å². The lowest BCUT2D eigenvalue weighted by atomic mass is 9.95. The summed E-state index contributed by atoms with van der Waals surface area (Å²) in [6, 6.07) is 7.27. The van der Waals surface area contributed by atoms with E-state index in [0.29, 0.717) is 36.8 Å². The number of fused-ring (bicyclic) bond motifs is 1. The molecule has 1 fully saturated rings. The molecular formula is C18H19N3O4. The number of aromatic nitrogens is 2. The molecule has 1 aromatic carbocycles. The molecule has 2 aliphatic heterocycles. The summed E-state index contributed by atoms with van der Waals surface area (Å²) in [4.78, 5) is 31.1. The molecule has 0 N–H and O–H groups in total. The van der Waals surface area contributed by atoms with Crippen LogP contribution in [0, 0.1) is 6.92 Å². The highest BCUT2D eigenvalue weighted by Gasteiger charge is 2.36. The Morgan fingerprint density at radius 2 is 2.16 bits per heavy atom. The summed E-state index contributed by atoms with van der Waals surface area (Å²) in [5, 5.41) is 3.98. The molecule has 0 saturated carbocycles. The molecule has 1 amide bonds. The number of carbonyl (C=O) groups excluding carboxylic acids is 2. The number of aryl methyl sites for hydroxylation is 1. The predicted molar refractivity (Wildman–Crippen MR) is 86.9 cm³/mol. The van der Waals surface area contributed by atoms with E-state index in [4.69, 9.17) is 9.26 Å². The van der Waals surface area contributed by atoms with Crippen molar-refractivity contribution in [1.82, 2.24) is 15.0 Å². The number of nitrogens with zero attached hydrogens (tertiary/aromatic N) is 3. The van der Waals surface area contributed by atoms with Gasteiger partial charge in [-0.1, -0.05) is 23.4 Å². The third-order valence-electron chi connectivity index (χ3n) is 4.81. The van der Waals surface area contributed by atoms with E-state index in [9.17, 15) is 9.59 Å². The molecule has 7 nitrogen and oxygen atoms in total. The Bertz CT molecular complexity index is 816.